The number of urea groups is 1. The first-order chi connectivity index (χ1) is 29.1. The number of piperidine rings is 2. The summed E-state index contributed by atoms with van der Waals surface area (Å²) in [5.41, 5.74) is 4.38. The van der Waals surface area contributed by atoms with Gasteiger partial charge in [-0.25, -0.2) is 14.2 Å². The smallest absolute Gasteiger partial charge is 0.322 e. The van der Waals surface area contributed by atoms with Gasteiger partial charge in [-0.3, -0.25) is 29.6 Å². The van der Waals surface area contributed by atoms with Crippen molar-refractivity contribution >= 4 is 57.5 Å². The van der Waals surface area contributed by atoms with Gasteiger partial charge in [-0.2, -0.15) is 5.26 Å². The number of nitrogens with one attached hydrogen (secondary N) is 2. The minimum Gasteiger partial charge on any atom is -0.367 e. The number of nitrogens with zero attached hydrogens (tertiary/aromatic N) is 9. The van der Waals surface area contributed by atoms with Gasteiger partial charge in [0.05, 0.1) is 28.7 Å². The quantitative estimate of drug-likeness (QED) is 0.258. The highest BCUT2D eigenvalue weighted by Crippen LogP contribution is 2.34. The molecule has 7 heterocycles. The largest absolute Gasteiger partial charge is 0.367 e. The van der Waals surface area contributed by atoms with Crippen LogP contribution in [0, 0.1) is 23.1 Å². The molecule has 60 heavy (non-hydrogen) atoms. The van der Waals surface area contributed by atoms with Crippen LogP contribution < -0.4 is 25.3 Å². The van der Waals surface area contributed by atoms with Crippen LogP contribution in [0.25, 0.3) is 10.9 Å². The summed E-state index contributed by atoms with van der Waals surface area (Å²) in [6.45, 7) is 9.83. The summed E-state index contributed by atoms with van der Waals surface area (Å²) in [7, 11) is 0. The molecule has 4 saturated heterocycles. The highest BCUT2D eigenvalue weighted by atomic mass is 19.1. The molecule has 5 aliphatic rings. The van der Waals surface area contributed by atoms with E-state index in [4.69, 9.17) is 4.98 Å². The number of halogens is 1. The molecule has 0 unspecified atom stereocenters. The van der Waals surface area contributed by atoms with Crippen LogP contribution in [-0.4, -0.2) is 126 Å². The molecule has 5 amide bonds. The number of hydrogen-bond donors (Lipinski definition) is 2. The van der Waals surface area contributed by atoms with Crippen LogP contribution in [0.2, 0.25) is 0 Å². The second kappa shape index (κ2) is 16.4. The maximum atomic E-state index is 15.4. The maximum absolute atomic E-state index is 15.4. The van der Waals surface area contributed by atoms with Gasteiger partial charge in [0.15, 0.2) is 0 Å². The summed E-state index contributed by atoms with van der Waals surface area (Å²) >= 11 is 0. The molecule has 0 spiro atoms. The molecule has 4 fully saturated rings. The maximum Gasteiger partial charge on any atom is 0.322 e. The predicted molar refractivity (Wildman–Crippen MR) is 224 cm³/mol. The summed E-state index contributed by atoms with van der Waals surface area (Å²) in [6.07, 6.45) is 5.95. The van der Waals surface area contributed by atoms with E-state index in [0.717, 1.165) is 62.5 Å². The minimum atomic E-state index is -0.729. The highest BCUT2D eigenvalue weighted by molar-refractivity contribution is 6.05. The van der Waals surface area contributed by atoms with Gasteiger partial charge in [0, 0.05) is 107 Å². The van der Waals surface area contributed by atoms with Crippen molar-refractivity contribution < 1.29 is 23.6 Å². The Kier molecular flexibility index (Phi) is 10.7. The molecule has 4 aromatic rings. The van der Waals surface area contributed by atoms with Crippen LogP contribution in [-0.2, 0) is 16.1 Å². The minimum absolute atomic E-state index is 0.0610. The lowest BCUT2D eigenvalue weighted by Gasteiger charge is -2.41. The fourth-order valence-corrected chi connectivity index (χ4v) is 9.55. The number of carbonyl (C=O) groups excluding carboxylic acids is 4. The number of nitriles is 1. The number of piperazine rings is 2. The van der Waals surface area contributed by atoms with E-state index in [1.807, 2.05) is 46.2 Å². The molecule has 0 bridgehead atoms. The van der Waals surface area contributed by atoms with Crippen LogP contribution in [0.5, 0.6) is 0 Å². The molecule has 0 aliphatic carbocycles. The number of amides is 5. The van der Waals surface area contributed by atoms with Gasteiger partial charge in [0.1, 0.15) is 23.7 Å². The van der Waals surface area contributed by atoms with E-state index in [2.05, 4.69) is 43.3 Å². The Bertz CT molecular complexity index is 2370. The molecule has 2 aromatic carbocycles. The van der Waals surface area contributed by atoms with Crippen LogP contribution in [0.1, 0.15) is 54.1 Å². The molecule has 15 nitrogen and oxygen atoms in total. The van der Waals surface area contributed by atoms with E-state index >= 15 is 4.39 Å². The van der Waals surface area contributed by atoms with E-state index in [9.17, 15) is 24.4 Å². The van der Waals surface area contributed by atoms with Crippen LogP contribution >= 0.6 is 0 Å². The number of anilines is 4. The zero-order valence-electron chi connectivity index (χ0n) is 33.6. The number of imide groups is 1. The zero-order valence-corrected chi connectivity index (χ0v) is 33.6. The Balaban J connectivity index is 0.720. The van der Waals surface area contributed by atoms with Crippen molar-refractivity contribution in [2.75, 3.05) is 85.5 Å². The van der Waals surface area contributed by atoms with Crippen molar-refractivity contribution in [2.45, 2.75) is 51.2 Å². The summed E-state index contributed by atoms with van der Waals surface area (Å²) in [5, 5.41) is 15.8. The number of rotatable bonds is 7. The Morgan fingerprint density at radius 2 is 1.73 bits per heavy atom. The normalized spacial score (nSPS) is 21.6. The molecule has 5 aliphatic heterocycles. The third-order valence-corrected chi connectivity index (χ3v) is 12.8. The molecule has 0 saturated carbocycles. The number of fused-ring (bicyclic) bond motifs is 2. The van der Waals surface area contributed by atoms with Crippen molar-refractivity contribution in [1.82, 2.24) is 30.0 Å². The lowest BCUT2D eigenvalue weighted by molar-refractivity contribution is -0.136. The average Bonchev–Trinajstić information content (AvgIpc) is 3.57. The third-order valence-electron chi connectivity index (χ3n) is 12.8. The second-order valence-corrected chi connectivity index (χ2v) is 16.5. The molecule has 2 atom stereocenters. The van der Waals surface area contributed by atoms with Crippen molar-refractivity contribution in [3.8, 4) is 6.07 Å². The van der Waals surface area contributed by atoms with Crippen LogP contribution in [0.4, 0.5) is 32.1 Å². The van der Waals surface area contributed by atoms with E-state index in [1.165, 1.54) is 11.0 Å². The average molecular weight is 814 g/mol. The molecule has 9 rings (SSSR count). The zero-order chi connectivity index (χ0) is 41.5. The van der Waals surface area contributed by atoms with Gasteiger partial charge in [-0.05, 0) is 86.2 Å². The Morgan fingerprint density at radius 3 is 2.47 bits per heavy atom. The van der Waals surface area contributed by atoms with Gasteiger partial charge in [0.2, 0.25) is 11.8 Å². The molecule has 2 aromatic heterocycles. The number of hydrogen-bond acceptors (Lipinski definition) is 11. The monoisotopic (exact) mass is 813 g/mol. The summed E-state index contributed by atoms with van der Waals surface area (Å²) in [5.74, 6) is -0.185. The Labute approximate surface area is 347 Å². The standard InChI is InChI=1S/C44H48FN11O4/c1-28-25-54(19-20-55(28)36-6-4-30(23-46)41-33(36)3-2-12-47-41)44(60)49-32-5-8-39(48-24-32)53-13-10-29(11-14-53)26-51-15-17-52(18-16-51)38-21-31-27-56(43(59)34(31)22-35(38)45)37-7-9-40(57)50-42(37)58/h2-6,8,12,21-22,24,28-29,37H,7,9-11,13-20,25-27H2,1H3,(H,49,60)(H,50,57,58)/t28-,37-/m0/s1. The number of aromatic nitrogens is 2. The van der Waals surface area contributed by atoms with Gasteiger partial charge < -0.3 is 29.8 Å². The third kappa shape index (κ3) is 7.65. The Morgan fingerprint density at radius 1 is 0.917 bits per heavy atom. The molecular formula is C44H48FN11O4. The highest BCUT2D eigenvalue weighted by Gasteiger charge is 2.40. The van der Waals surface area contributed by atoms with Crippen molar-refractivity contribution in [1.29, 1.82) is 5.26 Å². The first-order valence-electron chi connectivity index (χ1n) is 20.9. The van der Waals surface area contributed by atoms with Crippen LogP contribution in [0.3, 0.4) is 0 Å². The second-order valence-electron chi connectivity index (χ2n) is 16.5. The summed E-state index contributed by atoms with van der Waals surface area (Å²) in [6, 6.07) is 16.0. The number of pyridine rings is 2. The van der Waals surface area contributed by atoms with E-state index < -0.39 is 17.8 Å². The summed E-state index contributed by atoms with van der Waals surface area (Å²) < 4.78 is 15.4. The number of carbonyl (C=O) groups is 4. The molecule has 2 N–H and O–H groups in total. The fraction of sp³-hybridized carbons (Fsp3) is 0.432. The lowest BCUT2D eigenvalue weighted by atomic mass is 9.96. The van der Waals surface area contributed by atoms with E-state index in [0.29, 0.717) is 66.7 Å². The molecule has 16 heteroatoms. The number of benzene rings is 2. The van der Waals surface area contributed by atoms with Crippen molar-refractivity contribution in [3.63, 3.8) is 0 Å². The van der Waals surface area contributed by atoms with Gasteiger partial charge in [0.25, 0.3) is 5.91 Å². The van der Waals surface area contributed by atoms with Crippen LogP contribution in [0.15, 0.2) is 60.9 Å². The van der Waals surface area contributed by atoms with Gasteiger partial charge in [-0.15, -0.1) is 0 Å². The Hall–Kier alpha value is -6.34. The molecule has 0 radical (unpaired) electrons. The topological polar surface area (TPSA) is 161 Å². The van der Waals surface area contributed by atoms with Gasteiger partial charge >= 0.3 is 6.03 Å². The van der Waals surface area contributed by atoms with E-state index in [1.54, 1.807) is 18.5 Å². The summed E-state index contributed by atoms with van der Waals surface area (Å²) in [4.78, 5) is 72.1. The van der Waals surface area contributed by atoms with E-state index in [-0.39, 0.29) is 48.8 Å². The first kappa shape index (κ1) is 39.1. The molecule has 310 valence electrons. The predicted octanol–water partition coefficient (Wildman–Crippen LogP) is 4.18. The van der Waals surface area contributed by atoms with Crippen molar-refractivity contribution in [3.05, 3.63) is 83.4 Å². The first-order valence-corrected chi connectivity index (χ1v) is 20.9. The molecular weight excluding hydrogens is 766 g/mol. The van der Waals surface area contributed by atoms with Crippen molar-refractivity contribution in [2.24, 2.45) is 5.92 Å². The SMILES string of the molecule is C[C@H]1CN(C(=O)Nc2ccc(N3CCC(CN4CCN(c5cc6c(cc5F)C(=O)N([C@H]5CCC(=O)NC5=O)C6)CC4)CC3)nc2)CCN1c1ccc(C#N)c2ncccc12. The lowest BCUT2D eigenvalue weighted by Crippen LogP contribution is -2.54. The van der Waals surface area contributed by atoms with Gasteiger partial charge in [-0.1, -0.05) is 0 Å². The fourth-order valence-electron chi connectivity index (χ4n) is 9.55.